The number of anilines is 1. The van der Waals surface area contributed by atoms with E-state index in [2.05, 4.69) is 22.5 Å². The van der Waals surface area contributed by atoms with Crippen LogP contribution in [0.15, 0.2) is 48.5 Å². The van der Waals surface area contributed by atoms with Gasteiger partial charge in [0.25, 0.3) is 5.91 Å². The van der Waals surface area contributed by atoms with E-state index in [-0.39, 0.29) is 12.5 Å². The lowest BCUT2D eigenvalue weighted by Gasteiger charge is -2.18. The third-order valence-corrected chi connectivity index (χ3v) is 4.29. The number of aromatic nitrogens is 3. The predicted molar refractivity (Wildman–Crippen MR) is 101 cm³/mol. The number of rotatable bonds is 6. The molecule has 138 valence electrons. The number of amides is 1. The molecule has 0 saturated carbocycles. The number of methoxy groups -OCH3 is 1. The monoisotopic (exact) mass is 364 g/mol. The zero-order valence-electron chi connectivity index (χ0n) is 15.0. The quantitative estimate of drug-likeness (QED) is 0.727. The van der Waals surface area contributed by atoms with Gasteiger partial charge >= 0.3 is 0 Å². The van der Waals surface area contributed by atoms with E-state index in [1.54, 1.807) is 7.11 Å². The number of benzene rings is 2. The second-order valence-electron chi connectivity index (χ2n) is 6.29. The largest absolute Gasteiger partial charge is 0.482 e. The van der Waals surface area contributed by atoms with E-state index in [0.717, 1.165) is 22.8 Å². The zero-order valence-corrected chi connectivity index (χ0v) is 15.0. The van der Waals surface area contributed by atoms with E-state index in [0.29, 0.717) is 31.0 Å². The Hall–Kier alpha value is -3.19. The summed E-state index contributed by atoms with van der Waals surface area (Å²) in [5, 5.41) is 7.46. The highest BCUT2D eigenvalue weighted by molar-refractivity contribution is 5.95. The molecular weight excluding hydrogens is 344 g/mol. The molecule has 0 aliphatic carbocycles. The lowest BCUT2D eigenvalue weighted by atomic mass is 10.1. The third-order valence-electron chi connectivity index (χ3n) is 4.29. The lowest BCUT2D eigenvalue weighted by Crippen LogP contribution is -2.25. The number of nitrogens with one attached hydrogen (secondary N) is 1. The summed E-state index contributed by atoms with van der Waals surface area (Å²) in [5.74, 6) is 1.98. The molecule has 1 aliphatic rings. The first-order valence-corrected chi connectivity index (χ1v) is 8.76. The molecule has 1 amide bonds. The number of hydrogen-bond acceptors (Lipinski definition) is 5. The van der Waals surface area contributed by atoms with Crippen LogP contribution < -0.4 is 10.1 Å². The molecule has 3 aromatic rings. The number of nitrogens with zero attached hydrogens (tertiary/aromatic N) is 3. The van der Waals surface area contributed by atoms with Crippen molar-refractivity contribution in [3.05, 3.63) is 59.9 Å². The van der Waals surface area contributed by atoms with Crippen molar-refractivity contribution >= 4 is 11.6 Å². The first kappa shape index (κ1) is 17.2. The molecule has 0 bridgehead atoms. The zero-order chi connectivity index (χ0) is 18.6. The molecule has 2 aromatic carbocycles. The van der Waals surface area contributed by atoms with Crippen molar-refractivity contribution in [1.29, 1.82) is 0 Å². The Morgan fingerprint density at radius 3 is 2.89 bits per heavy atom. The Morgan fingerprint density at radius 1 is 1.22 bits per heavy atom. The Labute approximate surface area is 156 Å². The van der Waals surface area contributed by atoms with Crippen molar-refractivity contribution in [2.45, 2.75) is 13.0 Å². The second-order valence-corrected chi connectivity index (χ2v) is 6.29. The fraction of sp³-hybridized carbons (Fsp3) is 0.250. The van der Waals surface area contributed by atoms with Crippen LogP contribution in [0.1, 0.15) is 11.4 Å². The van der Waals surface area contributed by atoms with Crippen LogP contribution in [0.4, 0.5) is 5.69 Å². The van der Waals surface area contributed by atoms with E-state index < -0.39 is 0 Å². The van der Waals surface area contributed by atoms with Crippen molar-refractivity contribution in [2.75, 3.05) is 25.6 Å². The number of ether oxygens (including phenoxy) is 2. The van der Waals surface area contributed by atoms with E-state index >= 15 is 0 Å². The molecule has 0 spiro atoms. The van der Waals surface area contributed by atoms with Gasteiger partial charge in [-0.2, -0.15) is 5.10 Å². The highest BCUT2D eigenvalue weighted by atomic mass is 16.5. The van der Waals surface area contributed by atoms with Crippen LogP contribution in [0.2, 0.25) is 0 Å². The highest BCUT2D eigenvalue weighted by Crippen LogP contribution is 2.32. The summed E-state index contributed by atoms with van der Waals surface area (Å²) in [4.78, 5) is 16.2. The minimum Gasteiger partial charge on any atom is -0.482 e. The van der Waals surface area contributed by atoms with Gasteiger partial charge < -0.3 is 14.8 Å². The molecule has 7 heteroatoms. The maximum atomic E-state index is 11.5. The van der Waals surface area contributed by atoms with Crippen molar-refractivity contribution in [3.63, 3.8) is 0 Å². The number of fused-ring (bicyclic) bond motifs is 1. The fourth-order valence-electron chi connectivity index (χ4n) is 2.98. The van der Waals surface area contributed by atoms with Crippen molar-refractivity contribution in [3.8, 4) is 17.1 Å². The average molecular weight is 364 g/mol. The normalized spacial score (nSPS) is 13.0. The molecule has 1 aromatic heterocycles. The maximum absolute atomic E-state index is 11.5. The van der Waals surface area contributed by atoms with Crippen LogP contribution in [-0.4, -0.2) is 41.0 Å². The molecule has 2 heterocycles. The number of carbonyl (C=O) groups is 1. The standard InChI is InChI=1S/C20H20N4O3/c1-26-10-9-18-22-20(24(23-18)12-14-5-3-2-4-6-14)15-7-8-16-17(11-15)27-13-19(25)21-16/h2-8,11H,9-10,12-13H2,1H3,(H,21,25). The van der Waals surface area contributed by atoms with Crippen LogP contribution in [0.25, 0.3) is 11.4 Å². The molecule has 4 rings (SSSR count). The van der Waals surface area contributed by atoms with Gasteiger partial charge in [-0.05, 0) is 23.8 Å². The molecule has 0 atom stereocenters. The van der Waals surface area contributed by atoms with Crippen molar-refractivity contribution < 1.29 is 14.3 Å². The summed E-state index contributed by atoms with van der Waals surface area (Å²) in [5.41, 5.74) is 2.70. The topological polar surface area (TPSA) is 78.3 Å². The Kier molecular flexibility index (Phi) is 4.84. The predicted octanol–water partition coefficient (Wildman–Crippen LogP) is 2.51. The van der Waals surface area contributed by atoms with Gasteiger partial charge in [-0.25, -0.2) is 9.67 Å². The van der Waals surface area contributed by atoms with Gasteiger partial charge in [0.15, 0.2) is 18.3 Å². The minimum atomic E-state index is -0.149. The van der Waals surface area contributed by atoms with Crippen LogP contribution in [0, 0.1) is 0 Å². The molecule has 1 aliphatic heterocycles. The maximum Gasteiger partial charge on any atom is 0.262 e. The second kappa shape index (κ2) is 7.59. The minimum absolute atomic E-state index is 0.0201. The molecular formula is C20H20N4O3. The molecule has 27 heavy (non-hydrogen) atoms. The average Bonchev–Trinajstić information content (AvgIpc) is 3.09. The van der Waals surface area contributed by atoms with E-state index in [1.807, 2.05) is 41.1 Å². The van der Waals surface area contributed by atoms with Gasteiger partial charge in [0.1, 0.15) is 5.75 Å². The summed E-state index contributed by atoms with van der Waals surface area (Å²) in [6.07, 6.45) is 0.642. The molecule has 0 fully saturated rings. The van der Waals surface area contributed by atoms with Crippen LogP contribution >= 0.6 is 0 Å². The van der Waals surface area contributed by atoms with Crippen molar-refractivity contribution in [2.24, 2.45) is 0 Å². The van der Waals surface area contributed by atoms with E-state index in [9.17, 15) is 4.79 Å². The summed E-state index contributed by atoms with van der Waals surface area (Å²) in [7, 11) is 1.66. The van der Waals surface area contributed by atoms with Crippen molar-refractivity contribution in [1.82, 2.24) is 14.8 Å². The summed E-state index contributed by atoms with van der Waals surface area (Å²) >= 11 is 0. The fourth-order valence-corrected chi connectivity index (χ4v) is 2.98. The van der Waals surface area contributed by atoms with E-state index in [4.69, 9.17) is 14.5 Å². The van der Waals surface area contributed by atoms with E-state index in [1.165, 1.54) is 0 Å². The summed E-state index contributed by atoms with van der Waals surface area (Å²) in [6.45, 7) is 1.20. The SMILES string of the molecule is COCCc1nc(-c2ccc3c(c2)OCC(=O)N3)n(Cc2ccccc2)n1. The third kappa shape index (κ3) is 3.83. The summed E-state index contributed by atoms with van der Waals surface area (Å²) < 4.78 is 12.6. The van der Waals surface area contributed by atoms with Gasteiger partial charge in [0.2, 0.25) is 0 Å². The van der Waals surface area contributed by atoms with Crippen LogP contribution in [0.3, 0.4) is 0 Å². The lowest BCUT2D eigenvalue weighted by molar-refractivity contribution is -0.118. The first-order valence-electron chi connectivity index (χ1n) is 8.76. The van der Waals surface area contributed by atoms with Gasteiger partial charge in [-0.15, -0.1) is 0 Å². The first-order chi connectivity index (χ1) is 13.2. The molecule has 0 saturated heterocycles. The Bertz CT molecular complexity index is 953. The van der Waals surface area contributed by atoms with Gasteiger partial charge in [-0.1, -0.05) is 30.3 Å². The number of carbonyl (C=O) groups excluding carboxylic acids is 1. The molecule has 0 unspecified atom stereocenters. The molecule has 0 radical (unpaired) electrons. The Balaban J connectivity index is 1.70. The van der Waals surface area contributed by atoms with Gasteiger partial charge in [0.05, 0.1) is 18.8 Å². The van der Waals surface area contributed by atoms with Crippen LogP contribution in [0.5, 0.6) is 5.75 Å². The smallest absolute Gasteiger partial charge is 0.262 e. The highest BCUT2D eigenvalue weighted by Gasteiger charge is 2.19. The molecule has 7 nitrogen and oxygen atoms in total. The summed E-state index contributed by atoms with van der Waals surface area (Å²) in [6, 6.07) is 15.8. The van der Waals surface area contributed by atoms with Gasteiger partial charge in [0, 0.05) is 19.1 Å². The van der Waals surface area contributed by atoms with Crippen LogP contribution in [-0.2, 0) is 22.5 Å². The number of hydrogen-bond donors (Lipinski definition) is 1. The Morgan fingerprint density at radius 2 is 2.07 bits per heavy atom. The van der Waals surface area contributed by atoms with Gasteiger partial charge in [-0.3, -0.25) is 4.79 Å². The molecule has 1 N–H and O–H groups in total.